The van der Waals surface area contributed by atoms with Crippen LogP contribution in [0.15, 0.2) is 48.9 Å². The Morgan fingerprint density at radius 2 is 1.75 bits per heavy atom. The number of carboxylic acid groups (broad SMARTS) is 1. The molecule has 2 aromatic carbocycles. The summed E-state index contributed by atoms with van der Waals surface area (Å²) in [7, 11) is 0. The van der Waals surface area contributed by atoms with Gasteiger partial charge in [-0.25, -0.2) is 23.8 Å². The zero-order chi connectivity index (χ0) is 37.3. The number of aromatic amines is 1. The highest BCUT2D eigenvalue weighted by atomic mass is 19.4. The van der Waals surface area contributed by atoms with Crippen LogP contribution in [0.2, 0.25) is 0 Å². The highest BCUT2D eigenvalue weighted by Crippen LogP contribution is 2.41. The molecule has 0 saturated carbocycles. The lowest BCUT2D eigenvalue weighted by Crippen LogP contribution is -2.47. The molecule has 0 radical (unpaired) electrons. The molecule has 11 nitrogen and oxygen atoms in total. The van der Waals surface area contributed by atoms with Gasteiger partial charge in [0.05, 0.1) is 34.7 Å². The second-order valence-electron chi connectivity index (χ2n) is 13.1. The first-order valence-corrected chi connectivity index (χ1v) is 17.2. The van der Waals surface area contributed by atoms with Crippen LogP contribution in [0, 0.1) is 11.7 Å². The van der Waals surface area contributed by atoms with Crippen LogP contribution in [0.1, 0.15) is 61.2 Å². The van der Waals surface area contributed by atoms with Gasteiger partial charge in [0.2, 0.25) is 11.9 Å². The molecule has 1 atom stereocenters. The Hall–Kier alpha value is -5.31. The standard InChI is InChI=1S/C37H40F4N8O3/c1-5-21-8-7-9-22(6-2)33(21)49-34(26-19-48(13-11-28(26)47-49)36-44-16-24(17-45-36)37(39,40)41)30-25-10-12-43-32(25)23(14-27(30)38)15-42-18-29(50)46-31(20(3)4)35(51)52/h7-10,12,14,16-17,20,31,42-43H,5-6,11,13,15,18-19H2,1-4H3,(H,46,50)(H,51,52)/t31-/m0/s1. The molecule has 0 unspecified atom stereocenters. The average molecular weight is 721 g/mol. The third-order valence-electron chi connectivity index (χ3n) is 9.42. The van der Waals surface area contributed by atoms with Crippen LogP contribution in [0.5, 0.6) is 0 Å². The average Bonchev–Trinajstić information content (AvgIpc) is 3.75. The van der Waals surface area contributed by atoms with Crippen LogP contribution >= 0.6 is 0 Å². The molecule has 52 heavy (non-hydrogen) atoms. The maximum absolute atomic E-state index is 16.8. The number of carbonyl (C=O) groups is 2. The first-order chi connectivity index (χ1) is 24.8. The van der Waals surface area contributed by atoms with Crippen LogP contribution in [0.25, 0.3) is 27.8 Å². The number of aliphatic carboxylic acids is 1. The van der Waals surface area contributed by atoms with E-state index in [4.69, 9.17) is 5.10 Å². The molecule has 4 heterocycles. The number of halogens is 4. The molecule has 3 aromatic heterocycles. The van der Waals surface area contributed by atoms with E-state index in [9.17, 15) is 27.9 Å². The van der Waals surface area contributed by atoms with E-state index in [0.717, 1.165) is 34.9 Å². The summed E-state index contributed by atoms with van der Waals surface area (Å²) in [5.74, 6) is -2.34. The van der Waals surface area contributed by atoms with Crippen LogP contribution in [-0.4, -0.2) is 60.8 Å². The first-order valence-electron chi connectivity index (χ1n) is 17.2. The molecular weight excluding hydrogens is 680 g/mol. The maximum atomic E-state index is 16.8. The smallest absolute Gasteiger partial charge is 0.419 e. The van der Waals surface area contributed by atoms with Crippen LogP contribution in [-0.2, 0) is 48.1 Å². The van der Waals surface area contributed by atoms with Gasteiger partial charge in [-0.05, 0) is 47.6 Å². The third kappa shape index (κ3) is 7.09. The molecule has 0 bridgehead atoms. The number of aromatic nitrogens is 5. The number of hydrogen-bond acceptors (Lipinski definition) is 7. The summed E-state index contributed by atoms with van der Waals surface area (Å²) in [6.07, 6.45) is 0.486. The van der Waals surface area contributed by atoms with Crippen LogP contribution in [0.4, 0.5) is 23.5 Å². The van der Waals surface area contributed by atoms with E-state index in [0.29, 0.717) is 59.1 Å². The van der Waals surface area contributed by atoms with Gasteiger partial charge in [-0.2, -0.15) is 18.3 Å². The molecular formula is C37H40F4N8O3. The molecule has 5 aromatic rings. The van der Waals surface area contributed by atoms with Gasteiger partial charge in [0, 0.05) is 61.2 Å². The number of fused-ring (bicyclic) bond motifs is 2. The fourth-order valence-corrected chi connectivity index (χ4v) is 6.78. The summed E-state index contributed by atoms with van der Waals surface area (Å²) in [6, 6.07) is 8.18. The van der Waals surface area contributed by atoms with Gasteiger partial charge in [-0.15, -0.1) is 0 Å². The lowest BCUT2D eigenvalue weighted by molar-refractivity contribution is -0.143. The SMILES string of the molecule is CCc1cccc(CC)c1-n1nc2c(c1-c1c(F)cc(CNCC(=O)N[C@H](C(=O)O)C(C)C)c3[nH]ccc13)CN(c1ncc(C(F)(F)F)cn1)CC2. The van der Waals surface area contributed by atoms with E-state index in [1.165, 1.54) is 6.07 Å². The molecule has 6 rings (SSSR count). The number of rotatable bonds is 12. The minimum Gasteiger partial charge on any atom is -0.480 e. The Balaban J connectivity index is 1.42. The number of nitrogens with zero attached hydrogens (tertiary/aromatic N) is 5. The van der Waals surface area contributed by atoms with Crippen LogP contribution < -0.4 is 15.5 Å². The number of aryl methyl sites for hydroxylation is 2. The van der Waals surface area contributed by atoms with E-state index < -0.39 is 35.5 Å². The fraction of sp³-hybridized carbons (Fsp3) is 0.378. The van der Waals surface area contributed by atoms with Crippen molar-refractivity contribution in [3.63, 3.8) is 0 Å². The second kappa shape index (κ2) is 14.7. The molecule has 0 aliphatic carbocycles. The summed E-state index contributed by atoms with van der Waals surface area (Å²) in [5, 5.41) is 20.6. The summed E-state index contributed by atoms with van der Waals surface area (Å²) in [4.78, 5) is 37.1. The topological polar surface area (TPSA) is 141 Å². The summed E-state index contributed by atoms with van der Waals surface area (Å²) >= 11 is 0. The van der Waals surface area contributed by atoms with Crippen molar-refractivity contribution >= 4 is 28.7 Å². The Kier molecular flexibility index (Phi) is 10.3. The predicted molar refractivity (Wildman–Crippen MR) is 187 cm³/mol. The van der Waals surface area contributed by atoms with E-state index in [2.05, 4.69) is 25.6 Å². The van der Waals surface area contributed by atoms with E-state index >= 15 is 4.39 Å². The van der Waals surface area contributed by atoms with E-state index in [1.807, 2.05) is 36.7 Å². The van der Waals surface area contributed by atoms with Gasteiger partial charge < -0.3 is 25.6 Å². The van der Waals surface area contributed by atoms with E-state index in [1.54, 1.807) is 31.0 Å². The molecule has 0 saturated heterocycles. The monoisotopic (exact) mass is 720 g/mol. The zero-order valence-corrected chi connectivity index (χ0v) is 29.2. The molecule has 0 fully saturated rings. The third-order valence-corrected chi connectivity index (χ3v) is 9.42. The molecule has 274 valence electrons. The maximum Gasteiger partial charge on any atom is 0.419 e. The molecule has 1 aliphatic rings. The quantitative estimate of drug-likeness (QED) is 0.116. The summed E-state index contributed by atoms with van der Waals surface area (Å²) in [6.45, 7) is 8.00. The Bertz CT molecular complexity index is 2080. The van der Waals surface area contributed by atoms with Gasteiger partial charge in [0.1, 0.15) is 11.9 Å². The molecule has 0 spiro atoms. The van der Waals surface area contributed by atoms with E-state index in [-0.39, 0.29) is 31.5 Å². The molecule has 4 N–H and O–H groups in total. The van der Waals surface area contributed by atoms with Gasteiger partial charge in [-0.3, -0.25) is 4.79 Å². The van der Waals surface area contributed by atoms with Crippen molar-refractivity contribution in [2.24, 2.45) is 5.92 Å². The predicted octanol–water partition coefficient (Wildman–Crippen LogP) is 5.97. The van der Waals surface area contributed by atoms with Gasteiger partial charge >= 0.3 is 12.1 Å². The van der Waals surface area contributed by atoms with Gasteiger partial charge in [0.15, 0.2) is 0 Å². The van der Waals surface area contributed by atoms with Crippen molar-refractivity contribution in [3.05, 3.63) is 88.3 Å². The van der Waals surface area contributed by atoms with Crippen LogP contribution in [0.3, 0.4) is 0 Å². The van der Waals surface area contributed by atoms with Crippen molar-refractivity contribution in [2.45, 2.75) is 72.3 Å². The number of amides is 1. The molecule has 15 heteroatoms. The van der Waals surface area contributed by atoms with Crippen molar-refractivity contribution in [3.8, 4) is 16.9 Å². The van der Waals surface area contributed by atoms with Crippen molar-refractivity contribution in [1.29, 1.82) is 0 Å². The number of alkyl halides is 3. The minimum atomic E-state index is -4.57. The largest absolute Gasteiger partial charge is 0.480 e. The van der Waals surface area contributed by atoms with Gasteiger partial charge in [-0.1, -0.05) is 45.9 Å². The van der Waals surface area contributed by atoms with Gasteiger partial charge in [0.25, 0.3) is 0 Å². The normalized spacial score (nSPS) is 13.8. The number of anilines is 1. The highest BCUT2D eigenvalue weighted by molar-refractivity contribution is 5.98. The second-order valence-corrected chi connectivity index (χ2v) is 13.1. The lowest BCUT2D eigenvalue weighted by atomic mass is 9.95. The summed E-state index contributed by atoms with van der Waals surface area (Å²) < 4.78 is 58.4. The number of H-pyrrole nitrogens is 1. The Labute approximate surface area is 297 Å². The van der Waals surface area contributed by atoms with Crippen molar-refractivity contribution in [2.75, 3.05) is 18.0 Å². The Morgan fingerprint density at radius 3 is 2.37 bits per heavy atom. The number of hydrogen-bond donors (Lipinski definition) is 4. The highest BCUT2D eigenvalue weighted by Gasteiger charge is 2.34. The number of carbonyl (C=O) groups excluding carboxylic acids is 1. The minimum absolute atomic E-state index is 0.107. The number of nitrogens with one attached hydrogen (secondary N) is 3. The zero-order valence-electron chi connectivity index (χ0n) is 29.2. The number of para-hydroxylation sites is 1. The fourth-order valence-electron chi connectivity index (χ4n) is 6.78. The summed E-state index contributed by atoms with van der Waals surface area (Å²) in [5.41, 5.74) is 5.43. The lowest BCUT2D eigenvalue weighted by Gasteiger charge is -2.27. The van der Waals surface area contributed by atoms with Crippen molar-refractivity contribution in [1.82, 2.24) is 35.4 Å². The molecule has 1 amide bonds. The first kappa shape index (κ1) is 36.5. The number of benzene rings is 2. The Morgan fingerprint density at radius 1 is 1.06 bits per heavy atom. The number of carboxylic acids is 1. The molecule has 1 aliphatic heterocycles. The van der Waals surface area contributed by atoms with Crippen molar-refractivity contribution < 1.29 is 32.3 Å².